The van der Waals surface area contributed by atoms with E-state index in [1.165, 1.54) is 0 Å². The molecule has 0 saturated carbocycles. The van der Waals surface area contributed by atoms with Gasteiger partial charge in [0.1, 0.15) is 6.54 Å². The van der Waals surface area contributed by atoms with Crippen molar-refractivity contribution in [2.75, 3.05) is 26.2 Å². The Morgan fingerprint density at radius 1 is 1.44 bits per heavy atom. The summed E-state index contributed by atoms with van der Waals surface area (Å²) < 4.78 is 35.6. The van der Waals surface area contributed by atoms with Gasteiger partial charge in [0.25, 0.3) is 0 Å². The maximum atomic E-state index is 11.9. The molecule has 102 valence electrons. The van der Waals surface area contributed by atoms with Crippen molar-refractivity contribution in [3.05, 3.63) is 0 Å². The van der Waals surface area contributed by atoms with Crippen molar-refractivity contribution in [1.82, 2.24) is 10.2 Å². The lowest BCUT2D eigenvalue weighted by Gasteiger charge is -2.34. The molecule has 0 aromatic carbocycles. The molecular formula is C11H16F3N3O. The van der Waals surface area contributed by atoms with E-state index in [1.54, 1.807) is 4.90 Å². The number of amides is 1. The van der Waals surface area contributed by atoms with Crippen LogP contribution in [0.5, 0.6) is 0 Å². The minimum absolute atomic E-state index is 0.0441. The number of hydrogen-bond donors (Lipinski definition) is 1. The van der Waals surface area contributed by atoms with Crippen LogP contribution in [-0.4, -0.2) is 43.2 Å². The lowest BCUT2D eigenvalue weighted by molar-refractivity contribution is -0.139. The van der Waals surface area contributed by atoms with E-state index >= 15 is 0 Å². The summed E-state index contributed by atoms with van der Waals surface area (Å²) in [6, 6.07) is 2.22. The van der Waals surface area contributed by atoms with Gasteiger partial charge in [-0.3, -0.25) is 9.69 Å². The highest BCUT2D eigenvalue weighted by atomic mass is 19.4. The zero-order valence-electron chi connectivity index (χ0n) is 10.2. The molecule has 1 aliphatic rings. The molecule has 0 spiro atoms. The Labute approximate surface area is 104 Å². The molecule has 1 saturated heterocycles. The predicted octanol–water partition coefficient (Wildman–Crippen LogP) is 1.29. The number of carbonyl (C=O) groups excluding carboxylic acids is 1. The number of carbonyl (C=O) groups is 1. The third-order valence-electron chi connectivity index (χ3n) is 3.08. The number of nitrogens with zero attached hydrogens (tertiary/aromatic N) is 2. The topological polar surface area (TPSA) is 56.1 Å². The zero-order valence-corrected chi connectivity index (χ0v) is 10.2. The lowest BCUT2D eigenvalue weighted by Crippen LogP contribution is -2.45. The van der Waals surface area contributed by atoms with E-state index < -0.39 is 18.6 Å². The quantitative estimate of drug-likeness (QED) is 0.834. The first-order valence-electron chi connectivity index (χ1n) is 5.71. The van der Waals surface area contributed by atoms with E-state index in [0.29, 0.717) is 25.9 Å². The highest BCUT2D eigenvalue weighted by Crippen LogP contribution is 2.29. The molecule has 0 aromatic rings. The fourth-order valence-corrected chi connectivity index (χ4v) is 1.77. The molecule has 0 aromatic heterocycles. The van der Waals surface area contributed by atoms with Crippen LogP contribution in [0.25, 0.3) is 0 Å². The molecule has 1 aliphatic heterocycles. The van der Waals surface area contributed by atoms with Crippen LogP contribution in [0, 0.1) is 16.7 Å². The summed E-state index contributed by atoms with van der Waals surface area (Å²) in [5, 5.41) is 10.8. The van der Waals surface area contributed by atoms with Crippen molar-refractivity contribution >= 4 is 5.91 Å². The van der Waals surface area contributed by atoms with Gasteiger partial charge < -0.3 is 5.32 Å². The minimum atomic E-state index is -4.38. The van der Waals surface area contributed by atoms with Crippen LogP contribution in [0.15, 0.2) is 0 Å². The third-order valence-corrected chi connectivity index (χ3v) is 3.08. The molecular weight excluding hydrogens is 247 g/mol. The van der Waals surface area contributed by atoms with Crippen LogP contribution in [0.3, 0.4) is 0 Å². The summed E-state index contributed by atoms with van der Waals surface area (Å²) in [7, 11) is 0. The van der Waals surface area contributed by atoms with Crippen LogP contribution < -0.4 is 5.32 Å². The van der Waals surface area contributed by atoms with Crippen LogP contribution in [0.2, 0.25) is 0 Å². The van der Waals surface area contributed by atoms with Crippen molar-refractivity contribution in [2.24, 2.45) is 5.41 Å². The molecule has 0 atom stereocenters. The zero-order chi connectivity index (χ0) is 13.8. The van der Waals surface area contributed by atoms with Crippen LogP contribution in [-0.2, 0) is 4.79 Å². The Morgan fingerprint density at radius 3 is 2.44 bits per heavy atom. The summed E-state index contributed by atoms with van der Waals surface area (Å²) in [6.45, 7) is 1.63. The van der Waals surface area contributed by atoms with Crippen LogP contribution in [0.1, 0.15) is 19.8 Å². The number of piperidine rings is 1. The number of hydrogen-bond acceptors (Lipinski definition) is 3. The standard InChI is InChI=1S/C11H16F3N3O/c1-10(7-15)2-4-17(5-3-10)6-9(18)16-8-11(12,13)14/h2-6,8H2,1H3,(H,16,18). The first-order valence-corrected chi connectivity index (χ1v) is 5.71. The molecule has 0 bridgehead atoms. The molecule has 1 fully saturated rings. The smallest absolute Gasteiger partial charge is 0.346 e. The first-order chi connectivity index (χ1) is 8.24. The van der Waals surface area contributed by atoms with Crippen LogP contribution in [0.4, 0.5) is 13.2 Å². The average Bonchev–Trinajstić information content (AvgIpc) is 2.29. The van der Waals surface area contributed by atoms with E-state index in [4.69, 9.17) is 5.26 Å². The van der Waals surface area contributed by atoms with Crippen LogP contribution >= 0.6 is 0 Å². The maximum absolute atomic E-state index is 11.9. The number of nitrogens with one attached hydrogen (secondary N) is 1. The first kappa shape index (κ1) is 14.8. The Kier molecular flexibility index (Phi) is 4.57. The molecule has 0 radical (unpaired) electrons. The number of halogens is 3. The monoisotopic (exact) mass is 263 g/mol. The third kappa shape index (κ3) is 4.92. The molecule has 18 heavy (non-hydrogen) atoms. The van der Waals surface area contributed by atoms with Crippen molar-refractivity contribution in [3.8, 4) is 6.07 Å². The SMILES string of the molecule is CC1(C#N)CCN(CC(=O)NCC(F)(F)F)CC1. The molecule has 1 amide bonds. The summed E-state index contributed by atoms with van der Waals surface area (Å²) in [4.78, 5) is 13.0. The van der Waals surface area contributed by atoms with E-state index in [9.17, 15) is 18.0 Å². The predicted molar refractivity (Wildman–Crippen MR) is 58.5 cm³/mol. The van der Waals surface area contributed by atoms with Crippen molar-refractivity contribution in [3.63, 3.8) is 0 Å². The number of rotatable bonds is 3. The molecule has 4 nitrogen and oxygen atoms in total. The largest absolute Gasteiger partial charge is 0.405 e. The molecule has 1 heterocycles. The van der Waals surface area contributed by atoms with Gasteiger partial charge in [-0.2, -0.15) is 18.4 Å². The second kappa shape index (κ2) is 5.57. The summed E-state index contributed by atoms with van der Waals surface area (Å²) >= 11 is 0. The van der Waals surface area contributed by atoms with Gasteiger partial charge >= 0.3 is 6.18 Å². The molecule has 7 heteroatoms. The van der Waals surface area contributed by atoms with Crippen molar-refractivity contribution < 1.29 is 18.0 Å². The van der Waals surface area contributed by atoms with Gasteiger partial charge in [-0.25, -0.2) is 0 Å². The molecule has 1 N–H and O–H groups in total. The normalized spacial score (nSPS) is 20.2. The van der Waals surface area contributed by atoms with Gasteiger partial charge in [0, 0.05) is 13.1 Å². The summed E-state index contributed by atoms with van der Waals surface area (Å²) in [5.41, 5.74) is -0.376. The molecule has 0 aliphatic carbocycles. The van der Waals surface area contributed by atoms with Gasteiger partial charge in [0.05, 0.1) is 18.0 Å². The summed E-state index contributed by atoms with van der Waals surface area (Å²) in [6.07, 6.45) is -3.11. The van der Waals surface area contributed by atoms with E-state index in [0.717, 1.165) is 0 Å². The minimum Gasteiger partial charge on any atom is -0.346 e. The van der Waals surface area contributed by atoms with Gasteiger partial charge in [-0.1, -0.05) is 0 Å². The maximum Gasteiger partial charge on any atom is 0.405 e. The Balaban J connectivity index is 2.29. The van der Waals surface area contributed by atoms with E-state index in [2.05, 4.69) is 6.07 Å². The number of alkyl halides is 3. The van der Waals surface area contributed by atoms with Gasteiger partial charge in [-0.15, -0.1) is 0 Å². The second-order valence-electron chi connectivity index (χ2n) is 4.84. The van der Waals surface area contributed by atoms with E-state index in [-0.39, 0.29) is 12.0 Å². The lowest BCUT2D eigenvalue weighted by atomic mass is 9.82. The highest BCUT2D eigenvalue weighted by Gasteiger charge is 2.31. The average molecular weight is 263 g/mol. The number of likely N-dealkylation sites (tertiary alicyclic amines) is 1. The fourth-order valence-electron chi connectivity index (χ4n) is 1.77. The van der Waals surface area contributed by atoms with Crippen molar-refractivity contribution in [1.29, 1.82) is 5.26 Å². The Hall–Kier alpha value is -1.29. The Bertz CT molecular complexity index is 340. The fraction of sp³-hybridized carbons (Fsp3) is 0.818. The highest BCUT2D eigenvalue weighted by molar-refractivity contribution is 5.78. The van der Waals surface area contributed by atoms with Gasteiger partial charge in [0.2, 0.25) is 5.91 Å². The Morgan fingerprint density at radius 2 is 2.00 bits per heavy atom. The van der Waals surface area contributed by atoms with E-state index in [1.807, 2.05) is 12.2 Å². The van der Waals surface area contributed by atoms with Gasteiger partial charge in [0.15, 0.2) is 0 Å². The summed E-state index contributed by atoms with van der Waals surface area (Å²) in [5.74, 6) is -0.632. The molecule has 1 rings (SSSR count). The second-order valence-corrected chi connectivity index (χ2v) is 4.84. The molecule has 0 unspecified atom stereocenters. The van der Waals surface area contributed by atoms with Gasteiger partial charge in [-0.05, 0) is 19.8 Å². The van der Waals surface area contributed by atoms with Crippen molar-refractivity contribution in [2.45, 2.75) is 25.9 Å². The number of nitriles is 1.